The van der Waals surface area contributed by atoms with E-state index in [9.17, 15) is 9.59 Å². The maximum Gasteiger partial charge on any atom is 0.282 e. The van der Waals surface area contributed by atoms with Crippen molar-refractivity contribution in [2.45, 2.75) is 27.7 Å². The lowest BCUT2D eigenvalue weighted by molar-refractivity contribution is -0.120. The summed E-state index contributed by atoms with van der Waals surface area (Å²) in [5.41, 5.74) is 6.40. The van der Waals surface area contributed by atoms with Crippen LogP contribution in [0.15, 0.2) is 60.3 Å². The predicted molar refractivity (Wildman–Crippen MR) is 134 cm³/mol. The van der Waals surface area contributed by atoms with Gasteiger partial charge in [0.1, 0.15) is 17.2 Å². The van der Waals surface area contributed by atoms with Crippen LogP contribution in [0.2, 0.25) is 0 Å². The number of nitrogens with zero attached hydrogens (tertiary/aromatic N) is 1. The van der Waals surface area contributed by atoms with Crippen LogP contribution in [0.5, 0.6) is 11.5 Å². The third-order valence-corrected chi connectivity index (χ3v) is 6.14. The first-order chi connectivity index (χ1) is 16.2. The number of aryl methyl sites for hydroxylation is 4. The molecule has 3 aromatic carbocycles. The van der Waals surface area contributed by atoms with E-state index in [4.69, 9.17) is 9.47 Å². The van der Waals surface area contributed by atoms with Crippen LogP contribution in [0.1, 0.15) is 27.8 Å². The fraction of sp³-hybridized carbons (Fsp3) is 0.214. The van der Waals surface area contributed by atoms with Crippen molar-refractivity contribution < 1.29 is 19.1 Å². The standard InChI is InChI=1S/C28H28N2O4/c1-16-7-12-23(19(4)13-16)30-27(31)25(20-9-8-17(2)18(3)14-20)26(28(30)32)29-22-11-10-21(33-5)15-24(22)34-6/h7-15,29H,1-6H3. The molecule has 1 N–H and O–H groups in total. The van der Waals surface area contributed by atoms with Gasteiger partial charge < -0.3 is 14.8 Å². The highest BCUT2D eigenvalue weighted by Crippen LogP contribution is 2.38. The number of anilines is 2. The predicted octanol–water partition coefficient (Wildman–Crippen LogP) is 5.33. The minimum atomic E-state index is -0.414. The average Bonchev–Trinajstić information content (AvgIpc) is 3.05. The van der Waals surface area contributed by atoms with Crippen molar-refractivity contribution >= 4 is 28.8 Å². The van der Waals surface area contributed by atoms with Gasteiger partial charge in [-0.05, 0) is 68.1 Å². The first kappa shape index (κ1) is 23.1. The van der Waals surface area contributed by atoms with E-state index in [0.29, 0.717) is 34.0 Å². The molecule has 1 aliphatic rings. The summed E-state index contributed by atoms with van der Waals surface area (Å²) in [4.78, 5) is 28.7. The van der Waals surface area contributed by atoms with E-state index in [1.165, 1.54) is 4.90 Å². The summed E-state index contributed by atoms with van der Waals surface area (Å²) in [6.07, 6.45) is 0. The summed E-state index contributed by atoms with van der Waals surface area (Å²) in [7, 11) is 3.12. The Morgan fingerprint density at radius 3 is 2.15 bits per heavy atom. The maximum atomic E-state index is 13.8. The third-order valence-electron chi connectivity index (χ3n) is 6.14. The highest BCUT2D eigenvalue weighted by Gasteiger charge is 2.41. The molecular formula is C28H28N2O4. The van der Waals surface area contributed by atoms with Gasteiger partial charge in [0.2, 0.25) is 0 Å². The first-order valence-electron chi connectivity index (χ1n) is 11.0. The van der Waals surface area contributed by atoms with Crippen molar-refractivity contribution in [3.05, 3.63) is 88.1 Å². The lowest BCUT2D eigenvalue weighted by Crippen LogP contribution is -2.33. The van der Waals surface area contributed by atoms with Crippen molar-refractivity contribution in [3.63, 3.8) is 0 Å². The van der Waals surface area contributed by atoms with Gasteiger partial charge in [-0.15, -0.1) is 0 Å². The quantitative estimate of drug-likeness (QED) is 0.508. The number of hydrogen-bond acceptors (Lipinski definition) is 5. The Bertz CT molecular complexity index is 1340. The minimum absolute atomic E-state index is 0.205. The largest absolute Gasteiger partial charge is 0.497 e. The van der Waals surface area contributed by atoms with E-state index < -0.39 is 5.91 Å². The molecule has 174 valence electrons. The van der Waals surface area contributed by atoms with Gasteiger partial charge in [0.05, 0.1) is 31.2 Å². The summed E-state index contributed by atoms with van der Waals surface area (Å²) >= 11 is 0. The van der Waals surface area contributed by atoms with Crippen molar-refractivity contribution in [2.24, 2.45) is 0 Å². The van der Waals surface area contributed by atoms with E-state index in [1.54, 1.807) is 32.4 Å². The van der Waals surface area contributed by atoms with Crippen LogP contribution in [0.3, 0.4) is 0 Å². The Kier molecular flexibility index (Phi) is 6.16. The number of amides is 2. The minimum Gasteiger partial charge on any atom is -0.497 e. The van der Waals surface area contributed by atoms with Crippen LogP contribution < -0.4 is 19.7 Å². The Labute approximate surface area is 199 Å². The molecule has 0 fully saturated rings. The number of carbonyl (C=O) groups excluding carboxylic acids is 2. The summed E-state index contributed by atoms with van der Waals surface area (Å²) in [5, 5.41) is 3.19. The molecule has 2 amide bonds. The molecule has 6 heteroatoms. The molecule has 1 aliphatic heterocycles. The molecular weight excluding hydrogens is 428 g/mol. The monoisotopic (exact) mass is 456 g/mol. The zero-order chi connectivity index (χ0) is 24.6. The Hall–Kier alpha value is -4.06. The SMILES string of the molecule is COc1ccc(NC2=C(c3ccc(C)c(C)c3)C(=O)N(c3ccc(C)cc3C)C2=O)c(OC)c1. The first-order valence-corrected chi connectivity index (χ1v) is 11.0. The molecule has 1 heterocycles. The topological polar surface area (TPSA) is 67.9 Å². The number of ether oxygens (including phenoxy) is 2. The Balaban J connectivity index is 1.87. The average molecular weight is 457 g/mol. The molecule has 0 aromatic heterocycles. The molecule has 0 atom stereocenters. The molecule has 0 unspecified atom stereocenters. The van der Waals surface area contributed by atoms with Gasteiger partial charge in [-0.2, -0.15) is 0 Å². The highest BCUT2D eigenvalue weighted by molar-refractivity contribution is 6.46. The number of carbonyl (C=O) groups is 2. The van der Waals surface area contributed by atoms with E-state index in [-0.39, 0.29) is 11.6 Å². The zero-order valence-electron chi connectivity index (χ0n) is 20.3. The van der Waals surface area contributed by atoms with Crippen LogP contribution >= 0.6 is 0 Å². The molecule has 3 aromatic rings. The number of methoxy groups -OCH3 is 2. The smallest absolute Gasteiger partial charge is 0.282 e. The van der Waals surface area contributed by atoms with Crippen molar-refractivity contribution in [1.82, 2.24) is 0 Å². The van der Waals surface area contributed by atoms with Gasteiger partial charge in [-0.1, -0.05) is 35.9 Å². The van der Waals surface area contributed by atoms with E-state index in [1.807, 2.05) is 64.1 Å². The zero-order valence-corrected chi connectivity index (χ0v) is 20.3. The molecule has 0 bridgehead atoms. The van der Waals surface area contributed by atoms with E-state index in [0.717, 1.165) is 22.3 Å². The van der Waals surface area contributed by atoms with Crippen LogP contribution in [-0.4, -0.2) is 26.0 Å². The van der Waals surface area contributed by atoms with E-state index >= 15 is 0 Å². The molecule has 4 rings (SSSR count). The molecule has 0 saturated carbocycles. The van der Waals surface area contributed by atoms with Gasteiger partial charge in [0.25, 0.3) is 11.8 Å². The molecule has 34 heavy (non-hydrogen) atoms. The van der Waals surface area contributed by atoms with Gasteiger partial charge >= 0.3 is 0 Å². The van der Waals surface area contributed by atoms with Crippen LogP contribution in [-0.2, 0) is 9.59 Å². The molecule has 0 saturated heterocycles. The summed E-state index contributed by atoms with van der Waals surface area (Å²) in [5.74, 6) is 0.339. The normalized spacial score (nSPS) is 13.5. The lowest BCUT2D eigenvalue weighted by atomic mass is 9.99. The number of rotatable bonds is 6. The van der Waals surface area contributed by atoms with Crippen molar-refractivity contribution in [1.29, 1.82) is 0 Å². The Morgan fingerprint density at radius 2 is 1.50 bits per heavy atom. The number of nitrogens with one attached hydrogen (secondary N) is 1. The fourth-order valence-electron chi connectivity index (χ4n) is 4.12. The summed E-state index contributed by atoms with van der Waals surface area (Å²) < 4.78 is 10.8. The summed E-state index contributed by atoms with van der Waals surface area (Å²) in [6.45, 7) is 7.88. The van der Waals surface area contributed by atoms with Gasteiger partial charge in [0, 0.05) is 6.07 Å². The number of hydrogen-bond donors (Lipinski definition) is 1. The van der Waals surface area contributed by atoms with Gasteiger partial charge in [0.15, 0.2) is 0 Å². The van der Waals surface area contributed by atoms with Gasteiger partial charge in [-0.25, -0.2) is 4.90 Å². The number of benzene rings is 3. The van der Waals surface area contributed by atoms with Crippen LogP contribution in [0.4, 0.5) is 11.4 Å². The molecule has 0 radical (unpaired) electrons. The third kappa shape index (κ3) is 4.03. The summed E-state index contributed by atoms with van der Waals surface area (Å²) in [6, 6.07) is 16.7. The Morgan fingerprint density at radius 1 is 0.735 bits per heavy atom. The van der Waals surface area contributed by atoms with Crippen molar-refractivity contribution in [3.8, 4) is 11.5 Å². The second-order valence-corrected chi connectivity index (χ2v) is 8.48. The molecule has 0 spiro atoms. The van der Waals surface area contributed by atoms with E-state index in [2.05, 4.69) is 5.32 Å². The maximum absolute atomic E-state index is 13.8. The second-order valence-electron chi connectivity index (χ2n) is 8.48. The molecule has 6 nitrogen and oxygen atoms in total. The fourth-order valence-corrected chi connectivity index (χ4v) is 4.12. The second kappa shape index (κ2) is 9.06. The van der Waals surface area contributed by atoms with Crippen LogP contribution in [0.25, 0.3) is 5.57 Å². The van der Waals surface area contributed by atoms with Crippen molar-refractivity contribution in [2.75, 3.05) is 24.4 Å². The number of imide groups is 1. The van der Waals surface area contributed by atoms with Crippen LogP contribution in [0, 0.1) is 27.7 Å². The van der Waals surface area contributed by atoms with Gasteiger partial charge in [-0.3, -0.25) is 9.59 Å². The highest BCUT2D eigenvalue weighted by atomic mass is 16.5. The molecule has 0 aliphatic carbocycles. The lowest BCUT2D eigenvalue weighted by Gasteiger charge is -2.18.